The van der Waals surface area contributed by atoms with Crippen molar-refractivity contribution in [2.45, 2.75) is 26.3 Å². The van der Waals surface area contributed by atoms with Crippen molar-refractivity contribution in [2.24, 2.45) is 0 Å². The molecule has 2 heterocycles. The zero-order valence-corrected chi connectivity index (χ0v) is 17.8. The highest BCUT2D eigenvalue weighted by Crippen LogP contribution is 2.36. The second-order valence-electron chi connectivity index (χ2n) is 6.00. The molecule has 1 aromatic heterocycles. The van der Waals surface area contributed by atoms with E-state index in [4.69, 9.17) is 16.6 Å². The van der Waals surface area contributed by atoms with Crippen LogP contribution in [0.15, 0.2) is 44.1 Å². The fourth-order valence-electron chi connectivity index (χ4n) is 2.74. The van der Waals surface area contributed by atoms with E-state index in [0.717, 1.165) is 32.3 Å². The van der Waals surface area contributed by atoms with Crippen LogP contribution in [0.5, 0.6) is 0 Å². The van der Waals surface area contributed by atoms with E-state index in [1.165, 1.54) is 0 Å². The zero-order valence-electron chi connectivity index (χ0n) is 14.6. The van der Waals surface area contributed by atoms with Crippen LogP contribution in [-0.4, -0.2) is 32.2 Å². The Labute approximate surface area is 174 Å². The van der Waals surface area contributed by atoms with Gasteiger partial charge in [0, 0.05) is 16.1 Å². The van der Waals surface area contributed by atoms with Gasteiger partial charge in [-0.3, -0.25) is 9.69 Å². The number of carboxylic acids is 1. The van der Waals surface area contributed by atoms with E-state index in [0.29, 0.717) is 16.4 Å². The lowest BCUT2D eigenvalue weighted by atomic mass is 10.1. The molecule has 0 bridgehead atoms. The van der Waals surface area contributed by atoms with Crippen LogP contribution in [0.3, 0.4) is 0 Å². The van der Waals surface area contributed by atoms with Gasteiger partial charge >= 0.3 is 5.97 Å². The van der Waals surface area contributed by atoms with Crippen LogP contribution in [0.2, 0.25) is 0 Å². The Kier molecular flexibility index (Phi) is 5.88. The van der Waals surface area contributed by atoms with Gasteiger partial charge in [-0.1, -0.05) is 52.9 Å². The second kappa shape index (κ2) is 8.00. The van der Waals surface area contributed by atoms with E-state index in [-0.39, 0.29) is 10.7 Å². The van der Waals surface area contributed by atoms with Gasteiger partial charge < -0.3 is 9.52 Å². The maximum Gasteiger partial charge on any atom is 0.326 e. The van der Waals surface area contributed by atoms with E-state index >= 15 is 0 Å². The third-order valence-corrected chi connectivity index (χ3v) is 6.08. The quantitative estimate of drug-likeness (QED) is 0.490. The molecule has 0 aliphatic carbocycles. The molecular weight excluding hydrogens is 450 g/mol. The summed E-state index contributed by atoms with van der Waals surface area (Å²) in [5.74, 6) is -0.310. The number of aryl methyl sites for hydroxylation is 1. The molecule has 1 aliphatic rings. The SMILES string of the molecule is CC[C@@H](C(=O)O)N1C(=O)/C(=C/c2ccc(-c3ccc(C)cc3Br)o2)SC1=S. The van der Waals surface area contributed by atoms with Crippen molar-refractivity contribution in [3.63, 3.8) is 0 Å². The molecule has 1 amide bonds. The Morgan fingerprint density at radius 3 is 2.78 bits per heavy atom. The van der Waals surface area contributed by atoms with Crippen molar-refractivity contribution < 1.29 is 19.1 Å². The Morgan fingerprint density at radius 2 is 2.15 bits per heavy atom. The molecule has 8 heteroatoms. The van der Waals surface area contributed by atoms with Gasteiger partial charge in [-0.2, -0.15) is 0 Å². The number of carboxylic acid groups (broad SMARTS) is 1. The van der Waals surface area contributed by atoms with E-state index < -0.39 is 17.9 Å². The van der Waals surface area contributed by atoms with Gasteiger partial charge in [-0.25, -0.2) is 4.79 Å². The van der Waals surface area contributed by atoms with Gasteiger partial charge in [0.15, 0.2) is 0 Å². The normalized spacial score (nSPS) is 17.0. The number of carbonyl (C=O) groups is 2. The molecule has 140 valence electrons. The molecule has 0 radical (unpaired) electrons. The van der Waals surface area contributed by atoms with E-state index in [1.54, 1.807) is 19.1 Å². The average Bonchev–Trinajstić information content (AvgIpc) is 3.15. The van der Waals surface area contributed by atoms with Crippen molar-refractivity contribution in [3.05, 3.63) is 51.0 Å². The van der Waals surface area contributed by atoms with Crippen molar-refractivity contribution in [2.75, 3.05) is 0 Å². The maximum atomic E-state index is 12.6. The summed E-state index contributed by atoms with van der Waals surface area (Å²) in [5.41, 5.74) is 2.04. The molecule has 1 atom stereocenters. The van der Waals surface area contributed by atoms with Gasteiger partial charge in [0.25, 0.3) is 5.91 Å². The smallest absolute Gasteiger partial charge is 0.326 e. The minimum Gasteiger partial charge on any atom is -0.480 e. The van der Waals surface area contributed by atoms with Gasteiger partial charge in [-0.05, 0) is 43.2 Å². The largest absolute Gasteiger partial charge is 0.480 e. The van der Waals surface area contributed by atoms with Crippen molar-refractivity contribution in [1.82, 2.24) is 4.90 Å². The number of hydrogen-bond acceptors (Lipinski definition) is 5. The van der Waals surface area contributed by atoms with Crippen LogP contribution in [0.1, 0.15) is 24.7 Å². The summed E-state index contributed by atoms with van der Waals surface area (Å²) in [6, 6.07) is 8.58. The number of aliphatic carboxylic acids is 1. The van der Waals surface area contributed by atoms with Gasteiger partial charge in [0.05, 0.1) is 4.91 Å². The van der Waals surface area contributed by atoms with Gasteiger partial charge in [-0.15, -0.1) is 0 Å². The predicted octanol–water partition coefficient (Wildman–Crippen LogP) is 5.08. The number of carbonyl (C=O) groups excluding carboxylic acids is 1. The Hall–Kier alpha value is -1.90. The monoisotopic (exact) mass is 465 g/mol. The number of thiocarbonyl (C=S) groups is 1. The Morgan fingerprint density at radius 1 is 1.41 bits per heavy atom. The van der Waals surface area contributed by atoms with Crippen LogP contribution in [0, 0.1) is 6.92 Å². The van der Waals surface area contributed by atoms with E-state index in [2.05, 4.69) is 15.9 Å². The molecule has 0 spiro atoms. The molecule has 1 aliphatic heterocycles. The van der Waals surface area contributed by atoms with Crippen molar-refractivity contribution in [1.29, 1.82) is 0 Å². The average molecular weight is 466 g/mol. The minimum absolute atomic E-state index is 0.244. The number of amides is 1. The van der Waals surface area contributed by atoms with Gasteiger partial charge in [0.1, 0.15) is 21.9 Å². The summed E-state index contributed by atoms with van der Waals surface area (Å²) in [5, 5.41) is 9.31. The third kappa shape index (κ3) is 4.02. The van der Waals surface area contributed by atoms with Gasteiger partial charge in [0.2, 0.25) is 0 Å². The summed E-state index contributed by atoms with van der Waals surface area (Å²) in [7, 11) is 0. The number of nitrogens with zero attached hydrogens (tertiary/aromatic N) is 1. The molecule has 2 aromatic rings. The first-order valence-electron chi connectivity index (χ1n) is 8.18. The van der Waals surface area contributed by atoms with Crippen LogP contribution in [-0.2, 0) is 9.59 Å². The lowest BCUT2D eigenvalue weighted by molar-refractivity contribution is -0.145. The molecule has 0 saturated carbocycles. The number of furan rings is 1. The molecule has 1 saturated heterocycles. The topological polar surface area (TPSA) is 70.8 Å². The fourth-order valence-corrected chi connectivity index (χ4v) is 4.77. The Bertz CT molecular complexity index is 966. The molecule has 0 unspecified atom stereocenters. The maximum absolute atomic E-state index is 12.6. The number of halogens is 1. The number of thioether (sulfide) groups is 1. The summed E-state index contributed by atoms with van der Waals surface area (Å²) < 4.78 is 7.02. The lowest BCUT2D eigenvalue weighted by Gasteiger charge is -2.21. The second-order valence-corrected chi connectivity index (χ2v) is 8.53. The number of hydrogen-bond donors (Lipinski definition) is 1. The molecule has 1 N–H and O–H groups in total. The highest BCUT2D eigenvalue weighted by atomic mass is 79.9. The first-order chi connectivity index (χ1) is 12.8. The molecule has 1 fully saturated rings. The van der Waals surface area contributed by atoms with Crippen molar-refractivity contribution in [3.8, 4) is 11.3 Å². The standard InChI is InChI=1S/C19H16BrNO4S2/c1-3-14(18(23)24)21-17(22)16(27-19(21)26)9-11-5-7-15(25-11)12-6-4-10(2)8-13(12)20/h4-9,14H,3H2,1-2H3,(H,23,24)/b16-9-/t14-/m0/s1. The first-order valence-corrected chi connectivity index (χ1v) is 10.2. The predicted molar refractivity (Wildman–Crippen MR) is 113 cm³/mol. The summed E-state index contributed by atoms with van der Waals surface area (Å²) in [6.45, 7) is 3.71. The number of rotatable bonds is 5. The zero-order chi connectivity index (χ0) is 19.7. The fraction of sp³-hybridized carbons (Fsp3) is 0.211. The van der Waals surface area contributed by atoms with E-state index in [9.17, 15) is 14.7 Å². The highest BCUT2D eigenvalue weighted by Gasteiger charge is 2.39. The minimum atomic E-state index is -1.07. The molecular formula is C19H16BrNO4S2. The lowest BCUT2D eigenvalue weighted by Crippen LogP contribution is -2.43. The highest BCUT2D eigenvalue weighted by molar-refractivity contribution is 9.10. The molecule has 5 nitrogen and oxygen atoms in total. The Balaban J connectivity index is 1.88. The van der Waals surface area contributed by atoms with E-state index in [1.807, 2.05) is 31.2 Å². The van der Waals surface area contributed by atoms with Crippen molar-refractivity contribution >= 4 is 62.2 Å². The van der Waals surface area contributed by atoms with Crippen LogP contribution < -0.4 is 0 Å². The summed E-state index contributed by atoms with van der Waals surface area (Å²) in [6.07, 6.45) is 1.88. The third-order valence-electron chi connectivity index (χ3n) is 4.10. The molecule has 1 aromatic carbocycles. The number of benzene rings is 1. The first kappa shape index (κ1) is 19.9. The summed E-state index contributed by atoms with van der Waals surface area (Å²) >= 11 is 9.83. The van der Waals surface area contributed by atoms with Crippen LogP contribution in [0.25, 0.3) is 17.4 Å². The van der Waals surface area contributed by atoms with Crippen LogP contribution >= 0.6 is 39.9 Å². The molecule has 27 heavy (non-hydrogen) atoms. The molecule has 3 rings (SSSR count). The summed E-state index contributed by atoms with van der Waals surface area (Å²) in [4.78, 5) is 25.5. The van der Waals surface area contributed by atoms with Crippen LogP contribution in [0.4, 0.5) is 0 Å².